The van der Waals surface area contributed by atoms with E-state index in [1.165, 1.54) is 6.21 Å². The number of nitrogens with zero attached hydrogens (tertiary/aromatic N) is 2. The van der Waals surface area contributed by atoms with Crippen LogP contribution in [0.1, 0.15) is 42.7 Å². The molecular formula is C13H15F3N2O3S2. The Labute approximate surface area is 135 Å². The highest BCUT2D eigenvalue weighted by molar-refractivity contribution is 7.93. The van der Waals surface area contributed by atoms with Crippen LogP contribution in [0.25, 0.3) is 0 Å². The number of thiazole rings is 1. The smallest absolute Gasteiger partial charge is 0.301 e. The molecule has 2 rings (SSSR count). The third-order valence-electron chi connectivity index (χ3n) is 3.06. The van der Waals surface area contributed by atoms with Gasteiger partial charge in [-0.05, 0) is 19.8 Å². The maximum absolute atomic E-state index is 12.8. The van der Waals surface area contributed by atoms with Crippen LogP contribution in [0.3, 0.4) is 0 Å². The summed E-state index contributed by atoms with van der Waals surface area (Å²) in [5.74, 6) is -2.29. The molecule has 0 aromatic carbocycles. The van der Waals surface area contributed by atoms with E-state index in [0.717, 1.165) is 24.2 Å². The van der Waals surface area contributed by atoms with Gasteiger partial charge in [0.05, 0.1) is 22.5 Å². The van der Waals surface area contributed by atoms with Crippen molar-refractivity contribution in [3.8, 4) is 0 Å². The average Bonchev–Trinajstić information content (AvgIpc) is 3.25. The Morgan fingerprint density at radius 3 is 2.70 bits per heavy atom. The van der Waals surface area contributed by atoms with E-state index in [1.807, 2.05) is 0 Å². The maximum Gasteiger partial charge on any atom is 0.301 e. The molecule has 0 saturated heterocycles. The summed E-state index contributed by atoms with van der Waals surface area (Å²) in [6, 6.07) is 0. The summed E-state index contributed by atoms with van der Waals surface area (Å²) in [6.07, 6.45) is -0.157. The molecular weight excluding hydrogens is 353 g/mol. The molecule has 0 radical (unpaired) electrons. The van der Waals surface area contributed by atoms with E-state index in [2.05, 4.69) is 10.1 Å². The maximum atomic E-state index is 12.8. The SMILES string of the molecule is CCON=Cc1sc(S(=O)(=O)CCC(F)=C(F)F)nc1C1CC1. The zero-order valence-corrected chi connectivity index (χ0v) is 13.9. The summed E-state index contributed by atoms with van der Waals surface area (Å²) in [5.41, 5.74) is 0.615. The van der Waals surface area contributed by atoms with Gasteiger partial charge in [-0.1, -0.05) is 5.16 Å². The predicted molar refractivity (Wildman–Crippen MR) is 80.3 cm³/mol. The molecule has 1 saturated carbocycles. The molecule has 1 fully saturated rings. The van der Waals surface area contributed by atoms with Crippen LogP contribution in [0.2, 0.25) is 0 Å². The molecule has 128 valence electrons. The van der Waals surface area contributed by atoms with Gasteiger partial charge in [-0.3, -0.25) is 0 Å². The Kier molecular flexibility index (Phi) is 5.79. The van der Waals surface area contributed by atoms with Gasteiger partial charge in [0.1, 0.15) is 6.61 Å². The number of hydrogen-bond donors (Lipinski definition) is 0. The van der Waals surface area contributed by atoms with Gasteiger partial charge in [0.2, 0.25) is 14.2 Å². The summed E-state index contributed by atoms with van der Waals surface area (Å²) in [6.45, 7) is 2.13. The van der Waals surface area contributed by atoms with Crippen molar-refractivity contribution in [1.29, 1.82) is 0 Å². The number of sulfone groups is 1. The minimum Gasteiger partial charge on any atom is -0.396 e. The monoisotopic (exact) mass is 368 g/mol. The van der Waals surface area contributed by atoms with Gasteiger partial charge < -0.3 is 4.84 Å². The van der Waals surface area contributed by atoms with Crippen LogP contribution in [-0.2, 0) is 14.7 Å². The van der Waals surface area contributed by atoms with Gasteiger partial charge in [0.15, 0.2) is 5.83 Å². The standard InChI is InChI=1S/C13H15F3N2O3S2/c1-2-21-17-7-10-11(8-3-4-8)18-13(22-10)23(19,20)6-5-9(14)12(15)16/h7-8H,2-6H2,1H3. The summed E-state index contributed by atoms with van der Waals surface area (Å²) in [4.78, 5) is 9.52. The van der Waals surface area contributed by atoms with Crippen molar-refractivity contribution in [1.82, 2.24) is 4.98 Å². The highest BCUT2D eigenvalue weighted by Crippen LogP contribution is 2.43. The Balaban J connectivity index is 2.21. The van der Waals surface area contributed by atoms with Crippen molar-refractivity contribution in [3.63, 3.8) is 0 Å². The largest absolute Gasteiger partial charge is 0.396 e. The molecule has 1 aromatic rings. The van der Waals surface area contributed by atoms with Crippen LogP contribution < -0.4 is 0 Å². The summed E-state index contributed by atoms with van der Waals surface area (Å²) < 4.78 is 60.9. The number of hydrogen-bond acceptors (Lipinski definition) is 6. The van der Waals surface area contributed by atoms with Crippen LogP contribution in [0.15, 0.2) is 21.4 Å². The lowest BCUT2D eigenvalue weighted by molar-refractivity contribution is 0.160. The second-order valence-electron chi connectivity index (χ2n) is 4.89. The summed E-state index contributed by atoms with van der Waals surface area (Å²) in [5, 5.41) is 3.71. The van der Waals surface area contributed by atoms with E-state index < -0.39 is 33.9 Å². The van der Waals surface area contributed by atoms with Crippen LogP contribution in [0.5, 0.6) is 0 Å². The van der Waals surface area contributed by atoms with Crippen molar-refractivity contribution in [3.05, 3.63) is 22.5 Å². The van der Waals surface area contributed by atoms with E-state index in [1.54, 1.807) is 6.92 Å². The topological polar surface area (TPSA) is 68.6 Å². The Hall–Kier alpha value is -1.42. The molecule has 0 spiro atoms. The highest BCUT2D eigenvalue weighted by atomic mass is 32.2. The van der Waals surface area contributed by atoms with Crippen molar-refractivity contribution in [2.75, 3.05) is 12.4 Å². The third kappa shape index (κ3) is 4.77. The van der Waals surface area contributed by atoms with Crippen molar-refractivity contribution >= 4 is 27.4 Å². The minimum absolute atomic E-state index is 0.179. The fraction of sp³-hybridized carbons (Fsp3) is 0.538. The third-order valence-corrected chi connectivity index (χ3v) is 6.24. The highest BCUT2D eigenvalue weighted by Gasteiger charge is 2.32. The first-order valence-electron chi connectivity index (χ1n) is 6.93. The second kappa shape index (κ2) is 7.43. The zero-order valence-electron chi connectivity index (χ0n) is 12.3. The lowest BCUT2D eigenvalue weighted by Gasteiger charge is -1.98. The normalized spacial score (nSPS) is 15.1. The van der Waals surface area contributed by atoms with Gasteiger partial charge >= 0.3 is 6.08 Å². The first-order valence-corrected chi connectivity index (χ1v) is 9.40. The summed E-state index contributed by atoms with van der Waals surface area (Å²) in [7, 11) is -3.93. The molecule has 0 amide bonds. The van der Waals surface area contributed by atoms with Gasteiger partial charge in [-0.2, -0.15) is 8.78 Å². The van der Waals surface area contributed by atoms with Gasteiger partial charge in [0.25, 0.3) is 0 Å². The number of allylic oxidation sites excluding steroid dienone is 1. The Bertz CT molecular complexity index is 721. The first-order chi connectivity index (χ1) is 10.8. The van der Waals surface area contributed by atoms with E-state index >= 15 is 0 Å². The van der Waals surface area contributed by atoms with E-state index in [9.17, 15) is 21.6 Å². The summed E-state index contributed by atoms with van der Waals surface area (Å²) >= 11 is 0.891. The molecule has 1 aromatic heterocycles. The number of oxime groups is 1. The molecule has 0 aliphatic heterocycles. The Morgan fingerprint density at radius 2 is 2.13 bits per heavy atom. The molecule has 10 heteroatoms. The molecule has 1 aliphatic carbocycles. The van der Waals surface area contributed by atoms with E-state index in [-0.39, 0.29) is 10.3 Å². The molecule has 0 bridgehead atoms. The predicted octanol–water partition coefficient (Wildman–Crippen LogP) is 3.63. The van der Waals surface area contributed by atoms with Crippen LogP contribution >= 0.6 is 11.3 Å². The molecule has 0 N–H and O–H groups in total. The quantitative estimate of drug-likeness (QED) is 0.519. The van der Waals surface area contributed by atoms with Crippen LogP contribution in [0, 0.1) is 0 Å². The Morgan fingerprint density at radius 1 is 1.43 bits per heavy atom. The van der Waals surface area contributed by atoms with Crippen LogP contribution in [0.4, 0.5) is 13.2 Å². The number of aromatic nitrogens is 1. The molecule has 0 unspecified atom stereocenters. The zero-order chi connectivity index (χ0) is 17.0. The van der Waals surface area contributed by atoms with Gasteiger partial charge in [0, 0.05) is 12.3 Å². The van der Waals surface area contributed by atoms with E-state index in [4.69, 9.17) is 4.84 Å². The molecule has 23 heavy (non-hydrogen) atoms. The first kappa shape index (κ1) is 17.9. The van der Waals surface area contributed by atoms with Crippen molar-refractivity contribution < 1.29 is 26.4 Å². The average molecular weight is 368 g/mol. The van der Waals surface area contributed by atoms with Gasteiger partial charge in [-0.15, -0.1) is 11.3 Å². The fourth-order valence-electron chi connectivity index (χ4n) is 1.76. The molecule has 1 heterocycles. The number of rotatable bonds is 8. The van der Waals surface area contributed by atoms with Crippen LogP contribution in [-0.4, -0.2) is 32.0 Å². The number of halogens is 3. The van der Waals surface area contributed by atoms with E-state index in [0.29, 0.717) is 17.2 Å². The molecule has 0 atom stereocenters. The van der Waals surface area contributed by atoms with Crippen molar-refractivity contribution in [2.45, 2.75) is 36.4 Å². The second-order valence-corrected chi connectivity index (χ2v) is 8.20. The minimum atomic E-state index is -3.93. The van der Waals surface area contributed by atoms with Gasteiger partial charge in [-0.25, -0.2) is 17.8 Å². The van der Waals surface area contributed by atoms with Crippen molar-refractivity contribution in [2.24, 2.45) is 5.16 Å². The lowest BCUT2D eigenvalue weighted by Crippen LogP contribution is -2.07. The molecule has 5 nitrogen and oxygen atoms in total. The fourth-order valence-corrected chi connectivity index (χ4v) is 4.39. The molecule has 1 aliphatic rings. The lowest BCUT2D eigenvalue weighted by atomic mass is 10.3.